The molecule has 8 heteroatoms. The zero-order chi connectivity index (χ0) is 14.7. The van der Waals surface area contributed by atoms with Crippen LogP contribution >= 0.6 is 0 Å². The fourth-order valence-corrected chi connectivity index (χ4v) is 1.67. The summed E-state index contributed by atoms with van der Waals surface area (Å²) in [6.45, 7) is 1.42. The molecule has 0 saturated heterocycles. The lowest BCUT2D eigenvalue weighted by atomic mass is 10.2. The van der Waals surface area contributed by atoms with Crippen LogP contribution in [0.25, 0.3) is 0 Å². The Morgan fingerprint density at radius 1 is 1.30 bits per heavy atom. The van der Waals surface area contributed by atoms with Gasteiger partial charge in [0, 0.05) is 25.3 Å². The average Bonchev–Trinajstić information content (AvgIpc) is 2.73. The molecule has 1 aromatic carbocycles. The van der Waals surface area contributed by atoms with E-state index in [0.29, 0.717) is 17.2 Å². The van der Waals surface area contributed by atoms with Crippen LogP contribution in [0.2, 0.25) is 0 Å². The Hall–Kier alpha value is -2.90. The highest BCUT2D eigenvalue weighted by atomic mass is 16.6. The molecule has 2 rings (SSSR count). The molecular weight excluding hydrogens is 262 g/mol. The normalized spacial score (nSPS) is 10.1. The highest BCUT2D eigenvalue weighted by molar-refractivity contribution is 5.88. The molecule has 1 aromatic heterocycles. The van der Waals surface area contributed by atoms with Gasteiger partial charge in [-0.25, -0.2) is 0 Å². The number of imidazole rings is 1. The first kappa shape index (κ1) is 13.5. The number of anilines is 3. The van der Waals surface area contributed by atoms with Crippen molar-refractivity contribution in [2.45, 2.75) is 6.92 Å². The molecule has 0 aliphatic heterocycles. The molecular formula is C12H13N5O3. The van der Waals surface area contributed by atoms with Gasteiger partial charge in [-0.1, -0.05) is 0 Å². The highest BCUT2D eigenvalue weighted by Crippen LogP contribution is 2.25. The number of carbonyl (C=O) groups is 1. The molecule has 8 nitrogen and oxygen atoms in total. The number of nitro groups is 1. The number of hydrogen-bond acceptors (Lipinski definition) is 5. The summed E-state index contributed by atoms with van der Waals surface area (Å²) in [7, 11) is 1.66. The van der Waals surface area contributed by atoms with E-state index in [1.807, 2.05) is 0 Å². The number of nitrogens with one attached hydrogen (secondary N) is 2. The monoisotopic (exact) mass is 275 g/mol. The molecule has 0 atom stereocenters. The van der Waals surface area contributed by atoms with Crippen molar-refractivity contribution in [1.82, 2.24) is 9.55 Å². The minimum Gasteiger partial charge on any atom is -0.358 e. The van der Waals surface area contributed by atoms with E-state index in [2.05, 4.69) is 15.6 Å². The fraction of sp³-hybridized carbons (Fsp3) is 0.167. The third-order valence-corrected chi connectivity index (χ3v) is 2.56. The number of aromatic nitrogens is 2. The minimum atomic E-state index is -0.548. The number of nitrogens with zero attached hydrogens (tertiary/aromatic N) is 3. The third kappa shape index (κ3) is 2.91. The van der Waals surface area contributed by atoms with Gasteiger partial charge < -0.3 is 20.7 Å². The van der Waals surface area contributed by atoms with E-state index in [9.17, 15) is 14.9 Å². The Morgan fingerprint density at radius 2 is 1.90 bits per heavy atom. The first-order valence-corrected chi connectivity index (χ1v) is 5.78. The number of amides is 1. The zero-order valence-corrected chi connectivity index (χ0v) is 11.0. The SMILES string of the molecule is CC(=O)Nc1ccc(Nc2c([N+](=O)[O-])ncn2C)cc1. The quantitative estimate of drug-likeness (QED) is 0.656. The topological polar surface area (TPSA) is 102 Å². The summed E-state index contributed by atoms with van der Waals surface area (Å²) in [4.78, 5) is 24.9. The van der Waals surface area contributed by atoms with Gasteiger partial charge in [0.2, 0.25) is 18.1 Å². The maximum atomic E-state index is 10.9. The predicted molar refractivity (Wildman–Crippen MR) is 73.9 cm³/mol. The molecule has 1 amide bonds. The maximum Gasteiger partial charge on any atom is 0.406 e. The van der Waals surface area contributed by atoms with Crippen LogP contribution in [0.1, 0.15) is 6.92 Å². The average molecular weight is 275 g/mol. The van der Waals surface area contributed by atoms with Crippen LogP contribution in [0, 0.1) is 10.1 Å². The molecule has 0 saturated carbocycles. The number of rotatable bonds is 4. The summed E-state index contributed by atoms with van der Waals surface area (Å²) in [5, 5.41) is 16.4. The summed E-state index contributed by atoms with van der Waals surface area (Å²) >= 11 is 0. The van der Waals surface area contributed by atoms with E-state index in [1.165, 1.54) is 17.8 Å². The molecule has 0 fully saturated rings. The Balaban J connectivity index is 2.20. The Bertz CT molecular complexity index is 648. The van der Waals surface area contributed by atoms with Gasteiger partial charge in [-0.3, -0.25) is 9.36 Å². The lowest BCUT2D eigenvalue weighted by molar-refractivity contribution is -0.388. The second-order valence-electron chi connectivity index (χ2n) is 4.17. The number of hydrogen-bond donors (Lipinski definition) is 2. The number of carbonyl (C=O) groups excluding carboxylic acids is 1. The van der Waals surface area contributed by atoms with E-state index >= 15 is 0 Å². The van der Waals surface area contributed by atoms with Crippen LogP contribution in [-0.4, -0.2) is 20.4 Å². The highest BCUT2D eigenvalue weighted by Gasteiger charge is 2.19. The Labute approximate surface area is 114 Å². The molecule has 20 heavy (non-hydrogen) atoms. The van der Waals surface area contributed by atoms with Crippen molar-refractivity contribution in [3.63, 3.8) is 0 Å². The molecule has 0 bridgehead atoms. The van der Waals surface area contributed by atoms with Gasteiger partial charge >= 0.3 is 5.82 Å². The van der Waals surface area contributed by atoms with E-state index in [1.54, 1.807) is 31.3 Å². The van der Waals surface area contributed by atoms with Crippen LogP contribution in [0.3, 0.4) is 0 Å². The third-order valence-electron chi connectivity index (χ3n) is 2.56. The van der Waals surface area contributed by atoms with E-state index in [0.717, 1.165) is 0 Å². The van der Waals surface area contributed by atoms with Crippen molar-refractivity contribution in [3.05, 3.63) is 40.7 Å². The van der Waals surface area contributed by atoms with Crippen molar-refractivity contribution < 1.29 is 9.72 Å². The van der Waals surface area contributed by atoms with E-state index in [4.69, 9.17) is 0 Å². The molecule has 2 N–H and O–H groups in total. The molecule has 0 radical (unpaired) electrons. The van der Waals surface area contributed by atoms with Crippen molar-refractivity contribution >= 4 is 28.9 Å². The maximum absolute atomic E-state index is 10.9. The van der Waals surface area contributed by atoms with E-state index in [-0.39, 0.29) is 11.7 Å². The van der Waals surface area contributed by atoms with Crippen LogP contribution in [0.5, 0.6) is 0 Å². The van der Waals surface area contributed by atoms with Gasteiger partial charge in [0.1, 0.15) is 0 Å². The van der Waals surface area contributed by atoms with Gasteiger partial charge in [-0.15, -0.1) is 0 Å². The van der Waals surface area contributed by atoms with Crippen molar-refractivity contribution in [2.75, 3.05) is 10.6 Å². The van der Waals surface area contributed by atoms with Crippen molar-refractivity contribution in [2.24, 2.45) is 7.05 Å². The van der Waals surface area contributed by atoms with Crippen molar-refractivity contribution in [1.29, 1.82) is 0 Å². The van der Waals surface area contributed by atoms with Crippen LogP contribution in [-0.2, 0) is 11.8 Å². The standard InChI is InChI=1S/C12H13N5O3/c1-8(18)14-9-3-5-10(6-4-9)15-12-11(17(19)20)13-7-16(12)2/h3-7,15H,1-2H3,(H,14,18). The van der Waals surface area contributed by atoms with Gasteiger partial charge in [-0.05, 0) is 34.2 Å². The smallest absolute Gasteiger partial charge is 0.358 e. The first-order valence-electron chi connectivity index (χ1n) is 5.78. The summed E-state index contributed by atoms with van der Waals surface area (Å²) in [6.07, 6.45) is 1.37. The lowest BCUT2D eigenvalue weighted by Crippen LogP contribution is -2.05. The molecule has 0 spiro atoms. The first-order chi connectivity index (χ1) is 9.47. The summed E-state index contributed by atoms with van der Waals surface area (Å²) < 4.78 is 1.53. The molecule has 104 valence electrons. The molecule has 0 aliphatic rings. The summed E-state index contributed by atoms with van der Waals surface area (Å²) in [5.74, 6) is -0.103. The van der Waals surface area contributed by atoms with Crippen LogP contribution in [0.4, 0.5) is 23.0 Å². The second kappa shape index (κ2) is 5.39. The zero-order valence-electron chi connectivity index (χ0n) is 11.0. The molecule has 2 aromatic rings. The van der Waals surface area contributed by atoms with Gasteiger partial charge in [0.15, 0.2) is 0 Å². The van der Waals surface area contributed by atoms with Gasteiger partial charge in [0.05, 0.1) is 0 Å². The molecule has 1 heterocycles. The van der Waals surface area contributed by atoms with Crippen LogP contribution < -0.4 is 10.6 Å². The number of aryl methyl sites for hydroxylation is 1. The minimum absolute atomic E-state index is 0.159. The van der Waals surface area contributed by atoms with Gasteiger partial charge in [0.25, 0.3) is 0 Å². The van der Waals surface area contributed by atoms with Crippen molar-refractivity contribution in [3.8, 4) is 0 Å². The Kier molecular flexibility index (Phi) is 3.65. The van der Waals surface area contributed by atoms with Gasteiger partial charge in [-0.2, -0.15) is 0 Å². The molecule has 0 aliphatic carbocycles. The summed E-state index contributed by atoms with van der Waals surface area (Å²) in [5.41, 5.74) is 1.31. The number of benzene rings is 1. The fourth-order valence-electron chi connectivity index (χ4n) is 1.67. The van der Waals surface area contributed by atoms with Crippen LogP contribution in [0.15, 0.2) is 30.6 Å². The second-order valence-corrected chi connectivity index (χ2v) is 4.17. The largest absolute Gasteiger partial charge is 0.406 e. The van der Waals surface area contributed by atoms with E-state index < -0.39 is 4.92 Å². The predicted octanol–water partition coefficient (Wildman–Crippen LogP) is 2.03. The molecule has 0 unspecified atom stereocenters. The summed E-state index contributed by atoms with van der Waals surface area (Å²) in [6, 6.07) is 6.82. The Morgan fingerprint density at radius 3 is 2.45 bits per heavy atom. The lowest BCUT2D eigenvalue weighted by Gasteiger charge is -2.07.